The highest BCUT2D eigenvalue weighted by molar-refractivity contribution is 5.85. The first kappa shape index (κ1) is 18.2. The molecule has 7 heteroatoms. The first-order chi connectivity index (χ1) is 13.7. The van der Waals surface area contributed by atoms with E-state index in [0.717, 1.165) is 30.6 Å². The summed E-state index contributed by atoms with van der Waals surface area (Å²) in [6.07, 6.45) is 2.37. The molecule has 1 aromatic carbocycles. The lowest BCUT2D eigenvalue weighted by Crippen LogP contribution is -2.43. The van der Waals surface area contributed by atoms with Crippen LogP contribution in [0, 0.1) is 0 Å². The highest BCUT2D eigenvalue weighted by Crippen LogP contribution is 2.24. The number of benzene rings is 1. The van der Waals surface area contributed by atoms with Crippen molar-refractivity contribution in [2.24, 2.45) is 0 Å². The molecular weight excluding hydrogens is 354 g/mol. The second-order valence-electron chi connectivity index (χ2n) is 6.96. The Balaban J connectivity index is 1.55. The van der Waals surface area contributed by atoms with Gasteiger partial charge in [0.05, 0.1) is 0 Å². The van der Waals surface area contributed by atoms with Gasteiger partial charge in [0.2, 0.25) is 5.91 Å². The first-order valence-corrected chi connectivity index (χ1v) is 9.64. The molecule has 144 valence electrons. The number of fused-ring (bicyclic) bond motifs is 1. The highest BCUT2D eigenvalue weighted by Gasteiger charge is 2.31. The van der Waals surface area contributed by atoms with Crippen LogP contribution in [0.25, 0.3) is 5.65 Å². The summed E-state index contributed by atoms with van der Waals surface area (Å²) < 4.78 is 1.31. The van der Waals surface area contributed by atoms with Gasteiger partial charge < -0.3 is 10.2 Å². The summed E-state index contributed by atoms with van der Waals surface area (Å²) in [7, 11) is 0. The van der Waals surface area contributed by atoms with E-state index in [9.17, 15) is 9.59 Å². The third-order valence-corrected chi connectivity index (χ3v) is 5.08. The smallest absolute Gasteiger partial charge is 0.274 e. The van der Waals surface area contributed by atoms with E-state index in [0.29, 0.717) is 24.4 Å². The maximum absolute atomic E-state index is 12.8. The summed E-state index contributed by atoms with van der Waals surface area (Å²) in [5.74, 6) is 0.605. The molecule has 0 spiro atoms. The van der Waals surface area contributed by atoms with Crippen molar-refractivity contribution < 1.29 is 4.79 Å². The first-order valence-electron chi connectivity index (χ1n) is 9.64. The van der Waals surface area contributed by atoms with Gasteiger partial charge in [-0.25, -0.2) is 4.98 Å². The van der Waals surface area contributed by atoms with Gasteiger partial charge in [-0.15, -0.1) is 5.10 Å². The molecule has 1 aliphatic heterocycles. The molecule has 1 fully saturated rings. The number of carbonyl (C=O) groups excluding carboxylic acids is 1. The Morgan fingerprint density at radius 2 is 2.04 bits per heavy atom. The summed E-state index contributed by atoms with van der Waals surface area (Å²) in [4.78, 5) is 31.5. The summed E-state index contributed by atoms with van der Waals surface area (Å²) in [6, 6.07) is 14.7. The number of nitrogens with one attached hydrogen (secondary N) is 1. The fourth-order valence-electron chi connectivity index (χ4n) is 3.59. The van der Waals surface area contributed by atoms with Crippen molar-refractivity contribution in [2.75, 3.05) is 11.4 Å². The lowest BCUT2D eigenvalue weighted by Gasteiger charge is -2.25. The molecule has 1 unspecified atom stereocenters. The minimum absolute atomic E-state index is 0.0185. The minimum Gasteiger partial charge on any atom is -0.350 e. The molecule has 3 heterocycles. The van der Waals surface area contributed by atoms with Gasteiger partial charge in [0, 0.05) is 24.8 Å². The number of carbonyl (C=O) groups is 1. The number of rotatable bonds is 5. The van der Waals surface area contributed by atoms with Gasteiger partial charge in [-0.1, -0.05) is 37.3 Å². The van der Waals surface area contributed by atoms with Crippen LogP contribution in [-0.4, -0.2) is 33.1 Å². The lowest BCUT2D eigenvalue weighted by molar-refractivity contribution is -0.122. The lowest BCUT2D eigenvalue weighted by atomic mass is 10.2. The molecule has 0 bridgehead atoms. The van der Waals surface area contributed by atoms with E-state index >= 15 is 0 Å². The zero-order chi connectivity index (χ0) is 19.5. The third kappa shape index (κ3) is 3.60. The van der Waals surface area contributed by atoms with Crippen molar-refractivity contribution in [3.8, 4) is 0 Å². The van der Waals surface area contributed by atoms with Crippen molar-refractivity contribution in [3.05, 3.63) is 70.1 Å². The Kier molecular flexibility index (Phi) is 5.06. The molecule has 1 saturated heterocycles. The van der Waals surface area contributed by atoms with Crippen LogP contribution in [0.15, 0.2) is 53.3 Å². The van der Waals surface area contributed by atoms with E-state index in [1.165, 1.54) is 10.6 Å². The summed E-state index contributed by atoms with van der Waals surface area (Å²) in [5, 5.41) is 7.49. The van der Waals surface area contributed by atoms with Gasteiger partial charge in [0.25, 0.3) is 5.56 Å². The number of anilines is 1. The van der Waals surface area contributed by atoms with Crippen molar-refractivity contribution in [3.63, 3.8) is 0 Å². The maximum atomic E-state index is 12.8. The fourth-order valence-corrected chi connectivity index (χ4v) is 3.59. The van der Waals surface area contributed by atoms with E-state index in [1.54, 1.807) is 6.07 Å². The molecule has 0 aliphatic carbocycles. The molecule has 3 aromatic rings. The zero-order valence-electron chi connectivity index (χ0n) is 15.8. The van der Waals surface area contributed by atoms with Crippen LogP contribution in [0.4, 0.5) is 5.82 Å². The molecule has 1 aliphatic rings. The van der Waals surface area contributed by atoms with Crippen LogP contribution in [0.1, 0.15) is 31.0 Å². The summed E-state index contributed by atoms with van der Waals surface area (Å²) >= 11 is 0. The summed E-state index contributed by atoms with van der Waals surface area (Å²) in [6.45, 7) is 3.19. The van der Waals surface area contributed by atoms with Gasteiger partial charge >= 0.3 is 0 Å². The van der Waals surface area contributed by atoms with Gasteiger partial charge in [-0.05, 0) is 37.0 Å². The monoisotopic (exact) mass is 377 g/mol. The molecule has 1 atom stereocenters. The molecule has 1 N–H and O–H groups in total. The van der Waals surface area contributed by atoms with Gasteiger partial charge in [-0.2, -0.15) is 4.52 Å². The van der Waals surface area contributed by atoms with Crippen molar-refractivity contribution in [1.29, 1.82) is 0 Å². The number of nitrogens with zero attached hydrogens (tertiary/aromatic N) is 4. The Morgan fingerprint density at radius 1 is 1.21 bits per heavy atom. The van der Waals surface area contributed by atoms with E-state index in [2.05, 4.69) is 15.4 Å². The molecule has 4 rings (SSSR count). The van der Waals surface area contributed by atoms with Crippen LogP contribution in [-0.2, 0) is 17.8 Å². The minimum atomic E-state index is -0.285. The Bertz CT molecular complexity index is 1050. The second-order valence-corrected chi connectivity index (χ2v) is 6.96. The van der Waals surface area contributed by atoms with Crippen molar-refractivity contribution in [2.45, 2.75) is 38.8 Å². The molecule has 28 heavy (non-hydrogen) atoms. The summed E-state index contributed by atoms with van der Waals surface area (Å²) in [5.41, 5.74) is 2.14. The second kappa shape index (κ2) is 7.80. The van der Waals surface area contributed by atoms with Crippen LogP contribution in [0.5, 0.6) is 0 Å². The molecular formula is C21H23N5O2. The van der Waals surface area contributed by atoms with Crippen LogP contribution >= 0.6 is 0 Å². The maximum Gasteiger partial charge on any atom is 0.274 e. The van der Waals surface area contributed by atoms with Crippen LogP contribution < -0.4 is 15.8 Å². The van der Waals surface area contributed by atoms with E-state index in [-0.39, 0.29) is 17.5 Å². The average molecular weight is 377 g/mol. The average Bonchev–Trinajstić information content (AvgIpc) is 3.22. The van der Waals surface area contributed by atoms with Gasteiger partial charge in [0.1, 0.15) is 11.9 Å². The van der Waals surface area contributed by atoms with Gasteiger partial charge in [-0.3, -0.25) is 9.59 Å². The third-order valence-electron chi connectivity index (χ3n) is 5.08. The normalized spacial score (nSPS) is 16.5. The van der Waals surface area contributed by atoms with Crippen molar-refractivity contribution >= 4 is 17.4 Å². The predicted octanol–water partition coefficient (Wildman–Crippen LogP) is 1.94. The van der Waals surface area contributed by atoms with Crippen LogP contribution in [0.3, 0.4) is 0 Å². The Labute approximate surface area is 163 Å². The molecule has 0 radical (unpaired) electrons. The number of aryl methyl sites for hydroxylation is 1. The standard InChI is InChI=1S/C21H23N5O2/c1-2-16-13-20(27)26-18(23-16)10-11-19(24-26)25-12-6-9-17(25)21(28)22-14-15-7-4-3-5-8-15/h3-5,7-8,10-11,13,17H,2,6,9,12,14H2,1H3,(H,22,28). The number of hydrogen-bond donors (Lipinski definition) is 1. The highest BCUT2D eigenvalue weighted by atomic mass is 16.2. The van der Waals surface area contributed by atoms with Gasteiger partial charge in [0.15, 0.2) is 5.65 Å². The zero-order valence-corrected chi connectivity index (χ0v) is 15.8. The van der Waals surface area contributed by atoms with Crippen LogP contribution in [0.2, 0.25) is 0 Å². The van der Waals surface area contributed by atoms with E-state index in [1.807, 2.05) is 48.2 Å². The predicted molar refractivity (Wildman–Crippen MR) is 107 cm³/mol. The molecule has 0 saturated carbocycles. The molecule has 2 aromatic heterocycles. The van der Waals surface area contributed by atoms with E-state index in [4.69, 9.17) is 0 Å². The Hall–Kier alpha value is -3.22. The number of amides is 1. The SMILES string of the molecule is CCc1cc(=O)n2nc(N3CCCC3C(=O)NCc3ccccc3)ccc2n1. The Morgan fingerprint density at radius 3 is 2.82 bits per heavy atom. The molecule has 7 nitrogen and oxygen atoms in total. The molecule has 1 amide bonds. The number of hydrogen-bond acceptors (Lipinski definition) is 5. The van der Waals surface area contributed by atoms with E-state index < -0.39 is 0 Å². The topological polar surface area (TPSA) is 79.6 Å². The largest absolute Gasteiger partial charge is 0.350 e. The fraction of sp³-hybridized carbons (Fsp3) is 0.333. The number of aromatic nitrogens is 3. The quantitative estimate of drug-likeness (QED) is 0.735. The van der Waals surface area contributed by atoms with Crippen molar-refractivity contribution in [1.82, 2.24) is 19.9 Å².